The average Bonchev–Trinajstić information content (AvgIpc) is 3.07. The van der Waals surface area contributed by atoms with Crippen LogP contribution in [0, 0.1) is 12.8 Å². The number of rotatable bonds is 5. The van der Waals surface area contributed by atoms with Gasteiger partial charge in [0.15, 0.2) is 0 Å². The lowest BCUT2D eigenvalue weighted by Crippen LogP contribution is -2.24. The lowest BCUT2D eigenvalue weighted by Gasteiger charge is -2.16. The minimum absolute atomic E-state index is 0.688. The van der Waals surface area contributed by atoms with Gasteiger partial charge in [-0.15, -0.1) is 0 Å². The lowest BCUT2D eigenvalue weighted by atomic mass is 10.1. The SMILES string of the molecule is Cc1ccnc(NC[C@H]2CCN(Cc3nccn3C)C2)c1. The van der Waals surface area contributed by atoms with E-state index in [1.54, 1.807) is 0 Å². The number of likely N-dealkylation sites (tertiary alicyclic amines) is 1. The molecule has 21 heavy (non-hydrogen) atoms. The smallest absolute Gasteiger partial charge is 0.126 e. The lowest BCUT2D eigenvalue weighted by molar-refractivity contribution is 0.307. The van der Waals surface area contributed by atoms with E-state index in [4.69, 9.17) is 0 Å². The molecule has 1 atom stereocenters. The van der Waals surface area contributed by atoms with E-state index in [1.807, 2.05) is 24.7 Å². The summed E-state index contributed by atoms with van der Waals surface area (Å²) in [4.78, 5) is 11.2. The van der Waals surface area contributed by atoms with Crippen molar-refractivity contribution < 1.29 is 0 Å². The molecule has 1 fully saturated rings. The van der Waals surface area contributed by atoms with E-state index in [0.29, 0.717) is 5.92 Å². The second-order valence-electron chi connectivity index (χ2n) is 5.94. The number of hydrogen-bond donors (Lipinski definition) is 1. The van der Waals surface area contributed by atoms with Gasteiger partial charge in [0.25, 0.3) is 0 Å². The third-order valence-corrected chi connectivity index (χ3v) is 4.14. The maximum Gasteiger partial charge on any atom is 0.126 e. The molecule has 0 spiro atoms. The minimum atomic E-state index is 0.688. The predicted octanol–water partition coefficient (Wildman–Crippen LogP) is 2.06. The number of aryl methyl sites for hydroxylation is 2. The molecular formula is C16H23N5. The van der Waals surface area contributed by atoms with Gasteiger partial charge in [0.1, 0.15) is 11.6 Å². The highest BCUT2D eigenvalue weighted by Crippen LogP contribution is 2.18. The van der Waals surface area contributed by atoms with Crippen molar-refractivity contribution in [3.8, 4) is 0 Å². The van der Waals surface area contributed by atoms with Gasteiger partial charge in [0.2, 0.25) is 0 Å². The van der Waals surface area contributed by atoms with Crippen LogP contribution in [0.5, 0.6) is 0 Å². The first-order chi connectivity index (χ1) is 10.2. The summed E-state index contributed by atoms with van der Waals surface area (Å²) in [6.45, 7) is 6.32. The molecule has 3 rings (SSSR count). The van der Waals surface area contributed by atoms with Crippen LogP contribution in [0.3, 0.4) is 0 Å². The summed E-state index contributed by atoms with van der Waals surface area (Å²) in [6, 6.07) is 4.12. The molecule has 0 unspecified atom stereocenters. The van der Waals surface area contributed by atoms with Gasteiger partial charge in [-0.25, -0.2) is 9.97 Å². The van der Waals surface area contributed by atoms with Gasteiger partial charge in [-0.3, -0.25) is 4.90 Å². The molecule has 5 nitrogen and oxygen atoms in total. The Hall–Kier alpha value is -1.88. The van der Waals surface area contributed by atoms with Gasteiger partial charge >= 0.3 is 0 Å². The van der Waals surface area contributed by atoms with Crippen LogP contribution in [0.2, 0.25) is 0 Å². The topological polar surface area (TPSA) is 46.0 Å². The van der Waals surface area contributed by atoms with Gasteiger partial charge in [-0.2, -0.15) is 0 Å². The van der Waals surface area contributed by atoms with Gasteiger partial charge in [0, 0.05) is 38.7 Å². The summed E-state index contributed by atoms with van der Waals surface area (Å²) in [5.74, 6) is 2.81. The van der Waals surface area contributed by atoms with E-state index < -0.39 is 0 Å². The summed E-state index contributed by atoms with van der Waals surface area (Å²) < 4.78 is 2.10. The molecule has 5 heteroatoms. The van der Waals surface area contributed by atoms with Crippen LogP contribution < -0.4 is 5.32 Å². The minimum Gasteiger partial charge on any atom is -0.370 e. The summed E-state index contributed by atoms with van der Waals surface area (Å²) in [5.41, 5.74) is 1.25. The molecule has 1 N–H and O–H groups in total. The molecule has 112 valence electrons. The highest BCUT2D eigenvalue weighted by atomic mass is 15.2. The Morgan fingerprint density at radius 2 is 2.24 bits per heavy atom. The van der Waals surface area contributed by atoms with Crippen molar-refractivity contribution in [3.63, 3.8) is 0 Å². The average molecular weight is 285 g/mol. The fourth-order valence-electron chi connectivity index (χ4n) is 2.85. The zero-order chi connectivity index (χ0) is 14.7. The highest BCUT2D eigenvalue weighted by molar-refractivity contribution is 5.36. The number of hydrogen-bond acceptors (Lipinski definition) is 4. The van der Waals surface area contributed by atoms with Crippen LogP contribution in [0.15, 0.2) is 30.7 Å². The fraction of sp³-hybridized carbons (Fsp3) is 0.500. The second kappa shape index (κ2) is 6.26. The maximum atomic E-state index is 4.40. The normalized spacial score (nSPS) is 19.0. The van der Waals surface area contributed by atoms with Crippen molar-refractivity contribution in [2.75, 3.05) is 25.0 Å². The molecule has 0 aromatic carbocycles. The monoisotopic (exact) mass is 285 g/mol. The Morgan fingerprint density at radius 3 is 3.00 bits per heavy atom. The van der Waals surface area contributed by atoms with Crippen molar-refractivity contribution in [3.05, 3.63) is 42.1 Å². The Bertz CT molecular complexity index is 592. The van der Waals surface area contributed by atoms with Crippen molar-refractivity contribution in [1.29, 1.82) is 0 Å². The zero-order valence-electron chi connectivity index (χ0n) is 12.8. The van der Waals surface area contributed by atoms with E-state index in [2.05, 4.69) is 44.8 Å². The van der Waals surface area contributed by atoms with E-state index in [-0.39, 0.29) is 0 Å². The van der Waals surface area contributed by atoms with Crippen molar-refractivity contribution in [1.82, 2.24) is 19.4 Å². The van der Waals surface area contributed by atoms with Gasteiger partial charge in [-0.05, 0) is 43.5 Å². The largest absolute Gasteiger partial charge is 0.370 e. The first-order valence-electron chi connectivity index (χ1n) is 7.56. The van der Waals surface area contributed by atoms with Crippen LogP contribution in [-0.2, 0) is 13.6 Å². The third-order valence-electron chi connectivity index (χ3n) is 4.14. The predicted molar refractivity (Wildman–Crippen MR) is 84.1 cm³/mol. The van der Waals surface area contributed by atoms with Crippen LogP contribution in [0.1, 0.15) is 17.8 Å². The van der Waals surface area contributed by atoms with Gasteiger partial charge in [0.05, 0.1) is 6.54 Å². The first kappa shape index (κ1) is 14.1. The Kier molecular flexibility index (Phi) is 4.20. The molecule has 0 radical (unpaired) electrons. The standard InChI is InChI=1S/C16H23N5/c1-13-3-5-17-15(9-13)19-10-14-4-7-21(11-14)12-16-18-6-8-20(16)2/h3,5-6,8-9,14H,4,7,10-12H2,1-2H3,(H,17,19)/t14-/m1/s1. The summed E-state index contributed by atoms with van der Waals surface area (Å²) in [5, 5.41) is 3.46. The fourth-order valence-corrected chi connectivity index (χ4v) is 2.85. The summed E-state index contributed by atoms with van der Waals surface area (Å²) in [7, 11) is 2.06. The van der Waals surface area contributed by atoms with E-state index in [9.17, 15) is 0 Å². The molecule has 2 aromatic rings. The van der Waals surface area contributed by atoms with E-state index in [1.165, 1.54) is 12.0 Å². The molecule has 1 saturated heterocycles. The Morgan fingerprint density at radius 1 is 1.33 bits per heavy atom. The maximum absolute atomic E-state index is 4.40. The number of aromatic nitrogens is 3. The van der Waals surface area contributed by atoms with Crippen molar-refractivity contribution in [2.24, 2.45) is 13.0 Å². The van der Waals surface area contributed by atoms with E-state index >= 15 is 0 Å². The molecule has 0 bridgehead atoms. The van der Waals surface area contributed by atoms with Crippen LogP contribution >= 0.6 is 0 Å². The molecule has 2 aromatic heterocycles. The second-order valence-corrected chi connectivity index (χ2v) is 5.94. The van der Waals surface area contributed by atoms with E-state index in [0.717, 1.165) is 37.8 Å². The highest BCUT2D eigenvalue weighted by Gasteiger charge is 2.23. The van der Waals surface area contributed by atoms with Crippen LogP contribution in [-0.4, -0.2) is 39.1 Å². The Labute approximate surface area is 126 Å². The van der Waals surface area contributed by atoms with Crippen molar-refractivity contribution >= 4 is 5.82 Å². The Balaban J connectivity index is 1.47. The van der Waals surface area contributed by atoms with Crippen molar-refractivity contribution in [2.45, 2.75) is 19.9 Å². The number of anilines is 1. The zero-order valence-corrected chi connectivity index (χ0v) is 12.8. The molecule has 1 aliphatic rings. The third kappa shape index (κ3) is 3.61. The number of pyridine rings is 1. The molecule has 0 saturated carbocycles. The molecule has 1 aliphatic heterocycles. The van der Waals surface area contributed by atoms with Gasteiger partial charge in [-0.1, -0.05) is 0 Å². The van der Waals surface area contributed by atoms with Gasteiger partial charge < -0.3 is 9.88 Å². The number of nitrogens with zero attached hydrogens (tertiary/aromatic N) is 4. The number of imidazole rings is 1. The molecule has 3 heterocycles. The molecule has 0 amide bonds. The summed E-state index contributed by atoms with van der Waals surface area (Å²) >= 11 is 0. The quantitative estimate of drug-likeness (QED) is 0.913. The molecule has 0 aliphatic carbocycles. The van der Waals surface area contributed by atoms with Crippen LogP contribution in [0.25, 0.3) is 0 Å². The first-order valence-corrected chi connectivity index (χ1v) is 7.56. The number of nitrogens with one attached hydrogen (secondary N) is 1. The summed E-state index contributed by atoms with van der Waals surface area (Å²) in [6.07, 6.45) is 6.98. The van der Waals surface area contributed by atoms with Crippen LogP contribution in [0.4, 0.5) is 5.82 Å². The molecular weight excluding hydrogens is 262 g/mol.